The van der Waals surface area contributed by atoms with E-state index >= 15 is 0 Å². The first kappa shape index (κ1) is 15.3. The lowest BCUT2D eigenvalue weighted by molar-refractivity contribution is -0.142. The van der Waals surface area contributed by atoms with Crippen LogP contribution in [0.3, 0.4) is 0 Å². The van der Waals surface area contributed by atoms with Gasteiger partial charge in [0, 0.05) is 0 Å². The van der Waals surface area contributed by atoms with E-state index < -0.39 is 12.1 Å². The van der Waals surface area contributed by atoms with Gasteiger partial charge in [-0.3, -0.25) is 4.79 Å². The first-order valence-electron chi connectivity index (χ1n) is 6.07. The van der Waals surface area contributed by atoms with Crippen LogP contribution in [0, 0.1) is 0 Å². The van der Waals surface area contributed by atoms with Crippen LogP contribution in [-0.4, -0.2) is 38.5 Å². The Morgan fingerprint density at radius 3 is 2.58 bits per heavy atom. The number of methoxy groups -OCH3 is 3. The Morgan fingerprint density at radius 1 is 1.26 bits per heavy atom. The summed E-state index contributed by atoms with van der Waals surface area (Å²) in [6.07, 6.45) is 0.336. The van der Waals surface area contributed by atoms with Crippen molar-refractivity contribution in [3.05, 3.63) is 23.8 Å². The molecule has 0 aromatic heterocycles. The van der Waals surface area contributed by atoms with E-state index in [-0.39, 0.29) is 6.42 Å². The fourth-order valence-electron chi connectivity index (χ4n) is 1.85. The number of aliphatic hydroxyl groups excluding tert-OH is 1. The highest BCUT2D eigenvalue weighted by atomic mass is 16.5. The quantitative estimate of drug-likeness (QED) is 0.760. The van der Waals surface area contributed by atoms with Gasteiger partial charge in [0.15, 0.2) is 11.5 Å². The van der Waals surface area contributed by atoms with Gasteiger partial charge in [-0.2, -0.15) is 0 Å². The maximum atomic E-state index is 11.0. The molecule has 1 unspecified atom stereocenters. The van der Waals surface area contributed by atoms with Crippen LogP contribution in [0.25, 0.3) is 0 Å². The zero-order valence-electron chi connectivity index (χ0n) is 11.5. The molecule has 0 heterocycles. The summed E-state index contributed by atoms with van der Waals surface area (Å²) < 4.78 is 15.0. The standard InChI is InChI=1S/C14H20O5/c1-17-12-6-4-5-10(14(12)19-3)7-8-11(15)9-13(16)18-2/h4-6,11,15H,7-9H2,1-3H3. The van der Waals surface area contributed by atoms with Gasteiger partial charge in [0.25, 0.3) is 0 Å². The van der Waals surface area contributed by atoms with Gasteiger partial charge >= 0.3 is 5.97 Å². The molecular weight excluding hydrogens is 248 g/mol. The summed E-state index contributed by atoms with van der Waals surface area (Å²) in [5, 5.41) is 9.73. The number of carbonyl (C=O) groups excluding carboxylic acids is 1. The molecule has 0 bridgehead atoms. The van der Waals surface area contributed by atoms with E-state index in [0.29, 0.717) is 24.3 Å². The van der Waals surface area contributed by atoms with E-state index in [1.165, 1.54) is 7.11 Å². The van der Waals surface area contributed by atoms with Crippen molar-refractivity contribution in [1.82, 2.24) is 0 Å². The average molecular weight is 268 g/mol. The number of aliphatic hydroxyl groups is 1. The van der Waals surface area contributed by atoms with Crippen LogP contribution >= 0.6 is 0 Å². The lowest BCUT2D eigenvalue weighted by atomic mass is 10.0. The van der Waals surface area contributed by atoms with E-state index in [1.54, 1.807) is 14.2 Å². The second-order valence-electron chi connectivity index (χ2n) is 4.13. The maximum Gasteiger partial charge on any atom is 0.308 e. The number of rotatable bonds is 7. The summed E-state index contributed by atoms with van der Waals surface area (Å²) >= 11 is 0. The molecule has 1 aromatic rings. The number of aryl methyl sites for hydroxylation is 1. The summed E-state index contributed by atoms with van der Waals surface area (Å²) in [5.41, 5.74) is 0.936. The number of hydrogen-bond acceptors (Lipinski definition) is 5. The zero-order valence-corrected chi connectivity index (χ0v) is 11.5. The first-order chi connectivity index (χ1) is 9.12. The zero-order chi connectivity index (χ0) is 14.3. The summed E-state index contributed by atoms with van der Waals surface area (Å²) in [4.78, 5) is 11.0. The molecule has 1 aromatic carbocycles. The summed E-state index contributed by atoms with van der Waals surface area (Å²) in [6.45, 7) is 0. The third-order valence-corrected chi connectivity index (χ3v) is 2.86. The van der Waals surface area contributed by atoms with Crippen LogP contribution in [0.15, 0.2) is 18.2 Å². The van der Waals surface area contributed by atoms with Gasteiger partial charge in [0.05, 0.1) is 33.9 Å². The monoisotopic (exact) mass is 268 g/mol. The van der Waals surface area contributed by atoms with Crippen LogP contribution in [0.4, 0.5) is 0 Å². The molecule has 0 spiro atoms. The molecule has 5 nitrogen and oxygen atoms in total. The summed E-state index contributed by atoms with van der Waals surface area (Å²) in [5.74, 6) is 0.905. The predicted octanol–water partition coefficient (Wildman–Crippen LogP) is 1.56. The molecule has 1 atom stereocenters. The van der Waals surface area contributed by atoms with Crippen LogP contribution in [0.1, 0.15) is 18.4 Å². The minimum absolute atomic E-state index is 0.00276. The van der Waals surface area contributed by atoms with E-state index in [0.717, 1.165) is 5.56 Å². The van der Waals surface area contributed by atoms with Gasteiger partial charge in [-0.15, -0.1) is 0 Å². The smallest absolute Gasteiger partial charge is 0.308 e. The average Bonchev–Trinajstić information content (AvgIpc) is 2.44. The van der Waals surface area contributed by atoms with Crippen molar-refractivity contribution in [1.29, 1.82) is 0 Å². The Balaban J connectivity index is 2.64. The van der Waals surface area contributed by atoms with E-state index in [4.69, 9.17) is 9.47 Å². The lowest BCUT2D eigenvalue weighted by Gasteiger charge is -2.14. The van der Waals surface area contributed by atoms with E-state index in [2.05, 4.69) is 4.74 Å². The van der Waals surface area contributed by atoms with Crippen molar-refractivity contribution >= 4 is 5.97 Å². The van der Waals surface area contributed by atoms with Crippen LogP contribution in [0.5, 0.6) is 11.5 Å². The minimum atomic E-state index is -0.719. The van der Waals surface area contributed by atoms with Gasteiger partial charge in [0.1, 0.15) is 0 Å². The number of esters is 1. The second kappa shape index (κ2) is 7.63. The summed E-state index contributed by atoms with van der Waals surface area (Å²) in [6, 6.07) is 5.59. The van der Waals surface area contributed by atoms with Gasteiger partial charge in [-0.1, -0.05) is 12.1 Å². The maximum absolute atomic E-state index is 11.0. The fourth-order valence-corrected chi connectivity index (χ4v) is 1.85. The molecule has 0 aliphatic heterocycles. The molecule has 1 rings (SSSR count). The highest BCUT2D eigenvalue weighted by Gasteiger charge is 2.14. The topological polar surface area (TPSA) is 65.0 Å². The van der Waals surface area contributed by atoms with Gasteiger partial charge < -0.3 is 19.3 Å². The third-order valence-electron chi connectivity index (χ3n) is 2.86. The van der Waals surface area contributed by atoms with Crippen LogP contribution in [-0.2, 0) is 16.0 Å². The van der Waals surface area contributed by atoms with Crippen molar-refractivity contribution in [2.24, 2.45) is 0 Å². The Morgan fingerprint density at radius 2 is 2.00 bits per heavy atom. The molecule has 0 saturated heterocycles. The van der Waals surface area contributed by atoms with Gasteiger partial charge in [0.2, 0.25) is 0 Å². The third kappa shape index (κ3) is 4.44. The fraction of sp³-hybridized carbons (Fsp3) is 0.500. The molecule has 0 fully saturated rings. The number of hydrogen-bond donors (Lipinski definition) is 1. The Bertz CT molecular complexity index is 416. The van der Waals surface area contributed by atoms with Crippen molar-refractivity contribution in [3.63, 3.8) is 0 Å². The Labute approximate surface area is 113 Å². The highest BCUT2D eigenvalue weighted by Crippen LogP contribution is 2.31. The number of ether oxygens (including phenoxy) is 3. The van der Waals surface area contributed by atoms with Gasteiger partial charge in [-0.25, -0.2) is 0 Å². The first-order valence-corrected chi connectivity index (χ1v) is 6.07. The second-order valence-corrected chi connectivity index (χ2v) is 4.13. The molecule has 1 N–H and O–H groups in total. The van der Waals surface area contributed by atoms with Gasteiger partial charge in [-0.05, 0) is 24.5 Å². The van der Waals surface area contributed by atoms with E-state index in [1.807, 2.05) is 18.2 Å². The molecule has 106 valence electrons. The molecule has 0 aliphatic rings. The highest BCUT2D eigenvalue weighted by molar-refractivity contribution is 5.69. The Kier molecular flexibility index (Phi) is 6.15. The lowest BCUT2D eigenvalue weighted by Crippen LogP contribution is -2.15. The van der Waals surface area contributed by atoms with Crippen molar-refractivity contribution in [3.8, 4) is 11.5 Å². The molecule has 19 heavy (non-hydrogen) atoms. The van der Waals surface area contributed by atoms with Crippen molar-refractivity contribution in [2.45, 2.75) is 25.4 Å². The normalized spacial score (nSPS) is 11.8. The molecule has 0 amide bonds. The van der Waals surface area contributed by atoms with Crippen molar-refractivity contribution < 1.29 is 24.1 Å². The molecule has 5 heteroatoms. The predicted molar refractivity (Wildman–Crippen MR) is 70.5 cm³/mol. The molecule has 0 radical (unpaired) electrons. The number of para-hydroxylation sites is 1. The van der Waals surface area contributed by atoms with Crippen LogP contribution in [0.2, 0.25) is 0 Å². The SMILES string of the molecule is COC(=O)CC(O)CCc1cccc(OC)c1OC. The number of carbonyl (C=O) groups is 1. The Hall–Kier alpha value is -1.75. The largest absolute Gasteiger partial charge is 0.493 e. The number of benzene rings is 1. The molecule has 0 saturated carbocycles. The van der Waals surface area contributed by atoms with Crippen molar-refractivity contribution in [2.75, 3.05) is 21.3 Å². The van der Waals surface area contributed by atoms with Crippen LogP contribution < -0.4 is 9.47 Å². The molecular formula is C14H20O5. The molecule has 0 aliphatic carbocycles. The summed E-state index contributed by atoms with van der Waals surface area (Å²) in [7, 11) is 4.46. The minimum Gasteiger partial charge on any atom is -0.493 e. The van der Waals surface area contributed by atoms with E-state index in [9.17, 15) is 9.90 Å².